The van der Waals surface area contributed by atoms with Crippen LogP contribution in [0, 0.1) is 28.5 Å². The van der Waals surface area contributed by atoms with Crippen molar-refractivity contribution in [3.05, 3.63) is 52.1 Å². The summed E-state index contributed by atoms with van der Waals surface area (Å²) in [6.07, 6.45) is -3.77. The smallest absolute Gasteiger partial charge is 0.433 e. The number of carboxylic acids is 1. The van der Waals surface area contributed by atoms with Crippen LogP contribution in [0.25, 0.3) is 0 Å². The fourth-order valence-electron chi connectivity index (χ4n) is 7.17. The zero-order valence-corrected chi connectivity index (χ0v) is 23.8. The Bertz CT molecular complexity index is 1320. The Hall–Kier alpha value is -2.66. The molecule has 0 bridgehead atoms. The number of aliphatic hydroxyl groups is 1. The quantitative estimate of drug-likeness (QED) is 0.354. The molecule has 0 radical (unpaired) electrons. The predicted molar refractivity (Wildman–Crippen MR) is 142 cm³/mol. The van der Waals surface area contributed by atoms with Crippen LogP contribution >= 0.6 is 11.6 Å². The van der Waals surface area contributed by atoms with Gasteiger partial charge in [-0.1, -0.05) is 31.5 Å². The molecule has 3 atom stereocenters. The number of carboxylic acid groups (broad SMARTS) is 1. The second-order valence-electron chi connectivity index (χ2n) is 12.7. The highest BCUT2D eigenvalue weighted by Gasteiger charge is 2.63. The number of aromatic nitrogens is 2. The highest BCUT2D eigenvalue weighted by molar-refractivity contribution is 6.31. The third-order valence-corrected chi connectivity index (χ3v) is 10.3. The van der Waals surface area contributed by atoms with Gasteiger partial charge >= 0.3 is 12.1 Å². The van der Waals surface area contributed by atoms with Crippen LogP contribution in [0.15, 0.2) is 24.4 Å². The topological polar surface area (TPSA) is 95.7 Å². The Kier molecular flexibility index (Phi) is 7.46. The van der Waals surface area contributed by atoms with E-state index in [1.54, 1.807) is 6.92 Å². The first-order valence-electron chi connectivity index (χ1n) is 13.9. The molecule has 2 N–H and O–H groups in total. The lowest BCUT2D eigenvalue weighted by Crippen LogP contribution is -2.43. The van der Waals surface area contributed by atoms with Crippen LogP contribution < -0.4 is 0 Å². The van der Waals surface area contributed by atoms with E-state index in [1.165, 1.54) is 17.0 Å². The van der Waals surface area contributed by atoms with Gasteiger partial charge in [0.2, 0.25) is 0 Å². The number of benzene rings is 1. The summed E-state index contributed by atoms with van der Waals surface area (Å²) in [5.74, 6) is -2.11. The maximum atomic E-state index is 14.6. The Morgan fingerprint density at radius 2 is 1.78 bits per heavy atom. The zero-order valence-electron chi connectivity index (χ0n) is 23.1. The van der Waals surface area contributed by atoms with Crippen molar-refractivity contribution in [1.82, 2.24) is 14.7 Å². The minimum Gasteiger partial charge on any atom is -0.481 e. The molecule has 41 heavy (non-hydrogen) atoms. The lowest BCUT2D eigenvalue weighted by Gasteiger charge is -2.35. The van der Waals surface area contributed by atoms with Gasteiger partial charge in [0.05, 0.1) is 29.8 Å². The van der Waals surface area contributed by atoms with Crippen molar-refractivity contribution in [3.63, 3.8) is 0 Å². The first-order chi connectivity index (χ1) is 19.1. The molecule has 2 aromatic rings. The van der Waals surface area contributed by atoms with Crippen LogP contribution in [0.2, 0.25) is 5.02 Å². The van der Waals surface area contributed by atoms with E-state index in [4.69, 9.17) is 11.6 Å². The fraction of sp³-hybridized carbons (Fsp3) is 0.621. The minimum atomic E-state index is -4.92. The van der Waals surface area contributed by atoms with Crippen molar-refractivity contribution in [3.8, 4) is 0 Å². The summed E-state index contributed by atoms with van der Waals surface area (Å²) in [5.41, 5.74) is -3.01. The fourth-order valence-corrected chi connectivity index (χ4v) is 7.45. The van der Waals surface area contributed by atoms with E-state index in [0.29, 0.717) is 24.7 Å². The summed E-state index contributed by atoms with van der Waals surface area (Å²) in [4.78, 5) is 26.8. The number of aliphatic carboxylic acids is 1. The zero-order chi connectivity index (χ0) is 30.1. The number of halogens is 5. The second-order valence-corrected chi connectivity index (χ2v) is 13.1. The van der Waals surface area contributed by atoms with Gasteiger partial charge in [-0.15, -0.1) is 0 Å². The number of hydrogen-bond acceptors (Lipinski definition) is 4. The Balaban J connectivity index is 1.47. The van der Waals surface area contributed by atoms with E-state index in [-0.39, 0.29) is 41.7 Å². The standard InChI is InChI=1S/C29H34ClF4N3O4/c1-27(2)18-11-16(12-19(18)27)36(14-22(38)23-20(30)5-4-6-21(23)31)25(39)17-13-35-37(24(17)29(32,33)34)15-7-9-28(3,10-8-15)26(40)41/h4-6,13,15-16,18-19,22,38H,7-12,14H2,1-3H3,(H,40,41). The SMILES string of the molecule is CC1(C(=O)O)CCC(n2ncc(C(=O)N(CC(O)c3c(F)cccc3Cl)C3CC4C(C3)C4(C)C)c2C(F)(F)F)CC1. The molecule has 3 fully saturated rings. The van der Waals surface area contributed by atoms with Crippen LogP contribution in [0.3, 0.4) is 0 Å². The number of hydrogen-bond donors (Lipinski definition) is 2. The van der Waals surface area contributed by atoms with Crippen LogP contribution in [0.1, 0.15) is 93.1 Å². The second kappa shape index (κ2) is 10.3. The molecule has 1 aromatic carbocycles. The molecule has 12 heteroatoms. The molecule has 3 aliphatic carbocycles. The first kappa shape index (κ1) is 29.8. The third-order valence-electron chi connectivity index (χ3n) is 9.96. The van der Waals surface area contributed by atoms with Crippen molar-refractivity contribution < 1.29 is 37.4 Å². The van der Waals surface area contributed by atoms with Crippen molar-refractivity contribution in [2.24, 2.45) is 22.7 Å². The maximum Gasteiger partial charge on any atom is 0.433 e. The van der Waals surface area contributed by atoms with Gasteiger partial charge < -0.3 is 15.1 Å². The van der Waals surface area contributed by atoms with Gasteiger partial charge in [0, 0.05) is 16.6 Å². The molecule has 0 aliphatic heterocycles. The summed E-state index contributed by atoms with van der Waals surface area (Å²) < 4.78 is 59.0. The van der Waals surface area contributed by atoms with Gasteiger partial charge in [0.15, 0.2) is 5.69 Å². The van der Waals surface area contributed by atoms with Crippen LogP contribution in [0.4, 0.5) is 17.6 Å². The normalized spacial score (nSPS) is 29.6. The summed E-state index contributed by atoms with van der Waals surface area (Å²) >= 11 is 6.14. The largest absolute Gasteiger partial charge is 0.481 e. The van der Waals surface area contributed by atoms with Gasteiger partial charge in [0.1, 0.15) is 11.9 Å². The first-order valence-corrected chi connectivity index (χ1v) is 14.2. The van der Waals surface area contributed by atoms with Gasteiger partial charge in [-0.25, -0.2) is 4.39 Å². The average Bonchev–Trinajstić information content (AvgIpc) is 3.30. The van der Waals surface area contributed by atoms with Crippen LogP contribution in [0.5, 0.6) is 0 Å². The van der Waals surface area contributed by atoms with E-state index in [0.717, 1.165) is 16.9 Å². The number of aliphatic hydroxyl groups excluding tert-OH is 1. The number of fused-ring (bicyclic) bond motifs is 1. The monoisotopic (exact) mass is 599 g/mol. The maximum absolute atomic E-state index is 14.6. The minimum absolute atomic E-state index is 0.0465. The average molecular weight is 600 g/mol. The molecule has 0 spiro atoms. The molecule has 7 nitrogen and oxygen atoms in total. The van der Waals surface area contributed by atoms with Crippen molar-refractivity contribution >= 4 is 23.5 Å². The Morgan fingerprint density at radius 1 is 1.17 bits per heavy atom. The van der Waals surface area contributed by atoms with Gasteiger partial charge in [-0.3, -0.25) is 14.3 Å². The molecule has 3 unspecified atom stereocenters. The molecule has 3 aliphatic rings. The van der Waals surface area contributed by atoms with Crippen LogP contribution in [-0.2, 0) is 11.0 Å². The summed E-state index contributed by atoms with van der Waals surface area (Å²) in [5, 5.41) is 24.5. The molecule has 224 valence electrons. The Labute approximate surface area is 240 Å². The third kappa shape index (κ3) is 5.24. The molecule has 1 heterocycles. The molecule has 0 saturated heterocycles. The number of alkyl halides is 3. The van der Waals surface area contributed by atoms with E-state index >= 15 is 0 Å². The lowest BCUT2D eigenvalue weighted by molar-refractivity contribution is -0.152. The summed E-state index contributed by atoms with van der Waals surface area (Å²) in [6.45, 7) is 5.37. The summed E-state index contributed by atoms with van der Waals surface area (Å²) in [6, 6.07) is 2.72. The molecule has 1 aromatic heterocycles. The molecule has 5 rings (SSSR count). The molecule has 1 amide bonds. The highest BCUT2D eigenvalue weighted by atomic mass is 35.5. The molecular formula is C29H34ClF4N3O4. The number of amides is 1. The van der Waals surface area contributed by atoms with Crippen molar-refractivity contribution in [1.29, 1.82) is 0 Å². The number of carbonyl (C=O) groups is 2. The van der Waals surface area contributed by atoms with E-state index in [9.17, 15) is 37.4 Å². The van der Waals surface area contributed by atoms with E-state index < -0.39 is 65.3 Å². The number of rotatable bonds is 7. The highest BCUT2D eigenvalue weighted by Crippen LogP contribution is 2.67. The predicted octanol–water partition coefficient (Wildman–Crippen LogP) is 6.51. The van der Waals surface area contributed by atoms with Gasteiger partial charge in [-0.05, 0) is 74.8 Å². The lowest BCUT2D eigenvalue weighted by atomic mass is 9.74. The number of nitrogens with zero attached hydrogens (tertiary/aromatic N) is 3. The van der Waals surface area contributed by atoms with Crippen molar-refractivity contribution in [2.75, 3.05) is 6.54 Å². The van der Waals surface area contributed by atoms with E-state index in [1.807, 2.05) is 0 Å². The summed E-state index contributed by atoms with van der Waals surface area (Å²) in [7, 11) is 0. The molecule has 3 saturated carbocycles. The van der Waals surface area contributed by atoms with Crippen molar-refractivity contribution in [2.45, 2.75) is 83.7 Å². The number of carbonyl (C=O) groups excluding carboxylic acids is 1. The van der Waals surface area contributed by atoms with E-state index in [2.05, 4.69) is 18.9 Å². The van der Waals surface area contributed by atoms with Gasteiger partial charge in [0.25, 0.3) is 5.91 Å². The van der Waals surface area contributed by atoms with Gasteiger partial charge in [-0.2, -0.15) is 18.3 Å². The molecular weight excluding hydrogens is 566 g/mol. The Morgan fingerprint density at radius 3 is 2.32 bits per heavy atom. The van der Waals surface area contributed by atoms with Crippen LogP contribution in [-0.4, -0.2) is 49.4 Å².